The van der Waals surface area contributed by atoms with E-state index in [1.807, 2.05) is 50.2 Å². The number of nitrogens with one attached hydrogen (secondary N) is 1. The van der Waals surface area contributed by atoms with Crippen LogP contribution in [0.25, 0.3) is 11.1 Å². The average Bonchev–Trinajstić information content (AvgIpc) is 3.42. The highest BCUT2D eigenvalue weighted by Crippen LogP contribution is 2.44. The van der Waals surface area contributed by atoms with Gasteiger partial charge in [0.25, 0.3) is 0 Å². The Labute approximate surface area is 205 Å². The number of carboxylic acid groups (broad SMARTS) is 1. The topological polar surface area (TPSA) is 105 Å². The SMILES string of the molecule is COC1(C(=O)O)CCN(C(=O)[C@@H](CC(C)C)NC(=O)OCC2c3ccccc3-c3ccccc32)C1. The van der Waals surface area contributed by atoms with Gasteiger partial charge in [0.05, 0.1) is 6.54 Å². The summed E-state index contributed by atoms with van der Waals surface area (Å²) in [7, 11) is 1.34. The molecule has 1 fully saturated rings. The Morgan fingerprint density at radius 1 is 1.09 bits per heavy atom. The Bertz CT molecular complexity index is 1070. The Balaban J connectivity index is 1.43. The number of alkyl carbamates (subject to hydrolysis) is 1. The molecule has 0 bridgehead atoms. The van der Waals surface area contributed by atoms with Gasteiger partial charge >= 0.3 is 12.1 Å². The Morgan fingerprint density at radius 3 is 2.20 bits per heavy atom. The van der Waals surface area contributed by atoms with Gasteiger partial charge in [0.1, 0.15) is 12.6 Å². The molecule has 8 heteroatoms. The highest BCUT2D eigenvalue weighted by Gasteiger charge is 2.47. The highest BCUT2D eigenvalue weighted by atomic mass is 16.5. The summed E-state index contributed by atoms with van der Waals surface area (Å²) in [5, 5.41) is 12.3. The molecule has 0 saturated carbocycles. The van der Waals surface area contributed by atoms with Gasteiger partial charge in [-0.2, -0.15) is 0 Å². The molecule has 1 unspecified atom stereocenters. The normalized spacial score (nSPS) is 19.8. The van der Waals surface area contributed by atoms with Crippen LogP contribution in [0.1, 0.15) is 43.7 Å². The number of amides is 2. The molecule has 2 aromatic rings. The maximum atomic E-state index is 13.2. The zero-order chi connectivity index (χ0) is 25.2. The van der Waals surface area contributed by atoms with Crippen molar-refractivity contribution in [1.82, 2.24) is 10.2 Å². The van der Waals surface area contributed by atoms with E-state index in [1.165, 1.54) is 12.0 Å². The van der Waals surface area contributed by atoms with Crippen molar-refractivity contribution in [3.63, 3.8) is 0 Å². The van der Waals surface area contributed by atoms with E-state index in [0.29, 0.717) is 6.42 Å². The van der Waals surface area contributed by atoms with Gasteiger partial charge in [-0.15, -0.1) is 0 Å². The maximum Gasteiger partial charge on any atom is 0.407 e. The van der Waals surface area contributed by atoms with Gasteiger partial charge in [-0.3, -0.25) is 4.79 Å². The third-order valence-electron chi connectivity index (χ3n) is 6.96. The van der Waals surface area contributed by atoms with Crippen LogP contribution in [0.3, 0.4) is 0 Å². The van der Waals surface area contributed by atoms with E-state index in [-0.39, 0.29) is 43.9 Å². The lowest BCUT2D eigenvalue weighted by Crippen LogP contribution is -2.51. The summed E-state index contributed by atoms with van der Waals surface area (Å²) in [5.74, 6) is -1.37. The molecule has 2 aromatic carbocycles. The lowest BCUT2D eigenvalue weighted by molar-refractivity contribution is -0.161. The number of fused-ring (bicyclic) bond motifs is 3. The van der Waals surface area contributed by atoms with Crippen LogP contribution < -0.4 is 5.32 Å². The van der Waals surface area contributed by atoms with Crippen molar-refractivity contribution in [2.45, 2.75) is 44.2 Å². The molecule has 35 heavy (non-hydrogen) atoms. The number of carboxylic acids is 1. The monoisotopic (exact) mass is 480 g/mol. The minimum absolute atomic E-state index is 0.0569. The van der Waals surface area contributed by atoms with Crippen LogP contribution in [-0.2, 0) is 19.1 Å². The number of carbonyl (C=O) groups is 3. The standard InChI is InChI=1S/C27H32N2O6/c1-17(2)14-23(24(30)29-13-12-27(16-29,34-3)25(31)32)28-26(33)35-15-22-20-10-6-4-8-18(20)19-9-5-7-11-21(19)22/h4-11,17,22-23H,12-16H2,1-3H3,(H,28,33)(H,31,32)/t23-,27?/m1/s1. The molecule has 2 N–H and O–H groups in total. The number of likely N-dealkylation sites (tertiary alicyclic amines) is 1. The first-order chi connectivity index (χ1) is 16.8. The zero-order valence-corrected chi connectivity index (χ0v) is 20.3. The van der Waals surface area contributed by atoms with E-state index in [2.05, 4.69) is 17.4 Å². The van der Waals surface area contributed by atoms with Crippen molar-refractivity contribution >= 4 is 18.0 Å². The lowest BCUT2D eigenvalue weighted by Gasteiger charge is -2.27. The molecule has 2 atom stereocenters. The second kappa shape index (κ2) is 10.1. The second-order valence-corrected chi connectivity index (χ2v) is 9.67. The van der Waals surface area contributed by atoms with Crippen LogP contribution in [0, 0.1) is 5.92 Å². The number of benzene rings is 2. The third kappa shape index (κ3) is 4.89. The number of hydrogen-bond acceptors (Lipinski definition) is 5. The van der Waals surface area contributed by atoms with E-state index in [4.69, 9.17) is 9.47 Å². The second-order valence-electron chi connectivity index (χ2n) is 9.67. The molecule has 186 valence electrons. The van der Waals surface area contributed by atoms with Crippen LogP contribution >= 0.6 is 0 Å². The van der Waals surface area contributed by atoms with Gasteiger partial charge in [-0.05, 0) is 34.6 Å². The summed E-state index contributed by atoms with van der Waals surface area (Å²) in [6.45, 7) is 4.26. The van der Waals surface area contributed by atoms with Gasteiger partial charge in [0.2, 0.25) is 5.91 Å². The molecular formula is C27H32N2O6. The summed E-state index contributed by atoms with van der Waals surface area (Å²) < 4.78 is 10.9. The number of methoxy groups -OCH3 is 1. The first-order valence-corrected chi connectivity index (χ1v) is 11.9. The Morgan fingerprint density at radius 2 is 1.69 bits per heavy atom. The molecule has 0 radical (unpaired) electrons. The van der Waals surface area contributed by atoms with Gasteiger partial charge in [-0.25, -0.2) is 9.59 Å². The molecule has 1 heterocycles. The maximum absolute atomic E-state index is 13.2. The van der Waals surface area contributed by atoms with E-state index in [9.17, 15) is 19.5 Å². The van der Waals surface area contributed by atoms with Crippen molar-refractivity contribution in [2.75, 3.05) is 26.8 Å². The molecular weight excluding hydrogens is 448 g/mol. The highest BCUT2D eigenvalue weighted by molar-refractivity contribution is 5.88. The number of hydrogen-bond donors (Lipinski definition) is 2. The molecule has 1 aliphatic carbocycles. The van der Waals surface area contributed by atoms with Gasteiger partial charge in [-0.1, -0.05) is 62.4 Å². The quantitative estimate of drug-likeness (QED) is 0.598. The number of nitrogens with zero attached hydrogens (tertiary/aromatic N) is 1. The predicted molar refractivity (Wildman–Crippen MR) is 130 cm³/mol. The Hall–Kier alpha value is -3.39. The van der Waals surface area contributed by atoms with Crippen molar-refractivity contribution < 1.29 is 29.0 Å². The number of rotatable bonds is 8. The van der Waals surface area contributed by atoms with Crippen molar-refractivity contribution in [2.24, 2.45) is 5.92 Å². The van der Waals surface area contributed by atoms with Gasteiger partial charge < -0.3 is 24.8 Å². The van der Waals surface area contributed by atoms with Crippen LogP contribution in [0.4, 0.5) is 4.79 Å². The van der Waals surface area contributed by atoms with E-state index in [1.54, 1.807) is 0 Å². The molecule has 2 amide bonds. The summed E-state index contributed by atoms with van der Waals surface area (Å²) in [5.41, 5.74) is 3.08. The molecule has 4 rings (SSSR count). The minimum atomic E-state index is -1.41. The lowest BCUT2D eigenvalue weighted by atomic mass is 9.98. The first kappa shape index (κ1) is 24.7. The zero-order valence-electron chi connectivity index (χ0n) is 20.3. The van der Waals surface area contributed by atoms with E-state index in [0.717, 1.165) is 22.3 Å². The number of carbonyl (C=O) groups excluding carboxylic acids is 2. The molecule has 1 aliphatic heterocycles. The molecule has 1 saturated heterocycles. The van der Waals surface area contributed by atoms with E-state index >= 15 is 0 Å². The smallest absolute Gasteiger partial charge is 0.407 e. The van der Waals surface area contributed by atoms with Crippen LogP contribution in [0.15, 0.2) is 48.5 Å². The number of ether oxygens (including phenoxy) is 2. The van der Waals surface area contributed by atoms with Crippen LogP contribution in [0.5, 0.6) is 0 Å². The number of aliphatic carboxylic acids is 1. The summed E-state index contributed by atoms with van der Waals surface area (Å²) in [6.07, 6.45) is -0.0578. The fourth-order valence-electron chi connectivity index (χ4n) is 5.09. The van der Waals surface area contributed by atoms with E-state index < -0.39 is 23.7 Å². The van der Waals surface area contributed by atoms with Gasteiger partial charge in [0.15, 0.2) is 5.60 Å². The molecule has 0 spiro atoms. The fourth-order valence-corrected chi connectivity index (χ4v) is 5.09. The fraction of sp³-hybridized carbons (Fsp3) is 0.444. The minimum Gasteiger partial charge on any atom is -0.479 e. The molecule has 8 nitrogen and oxygen atoms in total. The average molecular weight is 481 g/mol. The van der Waals surface area contributed by atoms with Crippen molar-refractivity contribution in [3.8, 4) is 11.1 Å². The molecule has 2 aliphatic rings. The van der Waals surface area contributed by atoms with Gasteiger partial charge in [0, 0.05) is 26.0 Å². The van der Waals surface area contributed by atoms with Crippen LogP contribution in [-0.4, -0.2) is 66.4 Å². The van der Waals surface area contributed by atoms with Crippen molar-refractivity contribution in [3.05, 3.63) is 59.7 Å². The third-order valence-corrected chi connectivity index (χ3v) is 6.96. The largest absolute Gasteiger partial charge is 0.479 e. The van der Waals surface area contributed by atoms with Crippen LogP contribution in [0.2, 0.25) is 0 Å². The first-order valence-electron chi connectivity index (χ1n) is 11.9. The predicted octanol–water partition coefficient (Wildman–Crippen LogP) is 3.64. The van der Waals surface area contributed by atoms with Crippen molar-refractivity contribution in [1.29, 1.82) is 0 Å². The Kier molecular flexibility index (Phi) is 7.12. The molecule has 0 aromatic heterocycles. The summed E-state index contributed by atoms with van der Waals surface area (Å²) in [6, 6.07) is 15.4. The summed E-state index contributed by atoms with van der Waals surface area (Å²) in [4.78, 5) is 39.2. The summed E-state index contributed by atoms with van der Waals surface area (Å²) >= 11 is 0.